The Kier molecular flexibility index (Phi) is 11.4. The number of halogens is 1. The molecule has 0 aromatic rings. The van der Waals surface area contributed by atoms with Crippen molar-refractivity contribution < 1.29 is 9.90 Å². The maximum absolute atomic E-state index is 10.2. The van der Waals surface area contributed by atoms with E-state index in [2.05, 4.69) is 6.92 Å². The summed E-state index contributed by atoms with van der Waals surface area (Å²) in [7, 11) is 0. The van der Waals surface area contributed by atoms with Crippen molar-refractivity contribution in [2.24, 2.45) is 0 Å². The van der Waals surface area contributed by atoms with Crippen LogP contribution in [0.1, 0.15) is 26.2 Å². The Morgan fingerprint density at radius 2 is 2.20 bits per heavy atom. The van der Waals surface area contributed by atoms with Gasteiger partial charge in [0.2, 0.25) is 0 Å². The van der Waals surface area contributed by atoms with Gasteiger partial charge in [-0.15, -0.1) is 0 Å². The van der Waals surface area contributed by atoms with E-state index in [-0.39, 0.29) is 33.5 Å². The zero-order chi connectivity index (χ0) is 7.28. The van der Waals surface area contributed by atoms with Crippen LogP contribution in [-0.4, -0.2) is 44.6 Å². The Labute approximate surface area is 97.2 Å². The van der Waals surface area contributed by atoms with E-state index in [1.54, 1.807) is 0 Å². The standard InChI is InChI=1S/C6H11IO2.Na.H/c1-2-3-4-5(7)6(8)9;;/h5H,2-4H2,1H3,(H,8,9);;. The summed E-state index contributed by atoms with van der Waals surface area (Å²) in [5, 5.41) is 8.40. The first-order chi connectivity index (χ1) is 4.18. The van der Waals surface area contributed by atoms with E-state index in [0.29, 0.717) is 0 Å². The fourth-order valence-electron chi connectivity index (χ4n) is 0.507. The second-order valence-corrected chi connectivity index (χ2v) is 3.45. The number of carbonyl (C=O) groups is 1. The molecular weight excluding hydrogens is 254 g/mol. The first-order valence-electron chi connectivity index (χ1n) is 3.05. The summed E-state index contributed by atoms with van der Waals surface area (Å²) in [5.74, 6) is -0.691. The first-order valence-corrected chi connectivity index (χ1v) is 4.30. The number of unbranched alkanes of at least 4 members (excludes halogenated alkanes) is 1. The van der Waals surface area contributed by atoms with Gasteiger partial charge in [0, 0.05) is 0 Å². The molecule has 1 unspecified atom stereocenters. The molecule has 0 saturated carbocycles. The molecule has 0 radical (unpaired) electrons. The van der Waals surface area contributed by atoms with Gasteiger partial charge in [-0.2, -0.15) is 0 Å². The molecule has 0 bridgehead atoms. The Hall–Kier alpha value is 1.20. The molecule has 0 rings (SSSR count). The van der Waals surface area contributed by atoms with Crippen molar-refractivity contribution in [1.82, 2.24) is 0 Å². The van der Waals surface area contributed by atoms with Gasteiger partial charge in [0.25, 0.3) is 0 Å². The third kappa shape index (κ3) is 7.31. The number of aliphatic carboxylic acids is 1. The number of carboxylic acids is 1. The average molecular weight is 266 g/mol. The summed E-state index contributed by atoms with van der Waals surface area (Å²) in [6, 6.07) is 0. The van der Waals surface area contributed by atoms with E-state index in [1.807, 2.05) is 22.6 Å². The molecule has 56 valence electrons. The maximum atomic E-state index is 10.2. The Morgan fingerprint density at radius 1 is 1.70 bits per heavy atom. The number of carboxylic acid groups (broad SMARTS) is 1. The van der Waals surface area contributed by atoms with Gasteiger partial charge in [-0.05, 0) is 6.42 Å². The molecule has 0 saturated heterocycles. The second kappa shape index (κ2) is 8.30. The number of hydrogen-bond donors (Lipinski definition) is 1. The zero-order valence-corrected chi connectivity index (χ0v) is 7.59. The average Bonchev–Trinajstić information content (AvgIpc) is 1.82. The molecular formula is C6H12INaO2. The SMILES string of the molecule is CCCCC(I)C(=O)O.[NaH]. The Morgan fingerprint density at radius 3 is 2.50 bits per heavy atom. The van der Waals surface area contributed by atoms with Gasteiger partial charge < -0.3 is 5.11 Å². The van der Waals surface area contributed by atoms with E-state index >= 15 is 0 Å². The van der Waals surface area contributed by atoms with Crippen LogP contribution in [0.25, 0.3) is 0 Å². The number of rotatable bonds is 4. The van der Waals surface area contributed by atoms with Crippen molar-refractivity contribution in [3.05, 3.63) is 0 Å². The van der Waals surface area contributed by atoms with Crippen LogP contribution in [0, 0.1) is 0 Å². The fraction of sp³-hybridized carbons (Fsp3) is 0.833. The first kappa shape index (κ1) is 13.8. The topological polar surface area (TPSA) is 37.3 Å². The summed E-state index contributed by atoms with van der Waals surface area (Å²) in [5.41, 5.74) is 0. The van der Waals surface area contributed by atoms with Crippen LogP contribution < -0.4 is 0 Å². The molecule has 10 heavy (non-hydrogen) atoms. The molecule has 1 N–H and O–H groups in total. The predicted octanol–water partition coefficient (Wildman–Crippen LogP) is 1.42. The van der Waals surface area contributed by atoms with Crippen molar-refractivity contribution >= 4 is 58.1 Å². The molecule has 0 aliphatic carbocycles. The summed E-state index contributed by atoms with van der Waals surface area (Å²) in [6.07, 6.45) is 2.89. The van der Waals surface area contributed by atoms with Crippen LogP contribution in [0.15, 0.2) is 0 Å². The van der Waals surface area contributed by atoms with Crippen LogP contribution in [0.2, 0.25) is 0 Å². The predicted molar refractivity (Wildman–Crippen MR) is 52.1 cm³/mol. The van der Waals surface area contributed by atoms with Gasteiger partial charge in [0.05, 0.1) is 0 Å². The monoisotopic (exact) mass is 266 g/mol. The van der Waals surface area contributed by atoms with Gasteiger partial charge in [-0.25, -0.2) is 0 Å². The summed E-state index contributed by atoms with van der Waals surface area (Å²) in [4.78, 5) is 10.2. The van der Waals surface area contributed by atoms with Crippen molar-refractivity contribution in [2.75, 3.05) is 0 Å². The van der Waals surface area contributed by atoms with E-state index in [1.165, 1.54) is 0 Å². The van der Waals surface area contributed by atoms with E-state index in [0.717, 1.165) is 19.3 Å². The molecule has 0 spiro atoms. The summed E-state index contributed by atoms with van der Waals surface area (Å²) < 4.78 is -0.192. The summed E-state index contributed by atoms with van der Waals surface area (Å²) in [6.45, 7) is 2.06. The zero-order valence-electron chi connectivity index (χ0n) is 5.43. The molecule has 0 aliphatic heterocycles. The van der Waals surface area contributed by atoms with Crippen molar-refractivity contribution in [3.8, 4) is 0 Å². The van der Waals surface area contributed by atoms with Crippen molar-refractivity contribution in [2.45, 2.75) is 30.1 Å². The van der Waals surface area contributed by atoms with Crippen molar-refractivity contribution in [3.63, 3.8) is 0 Å². The van der Waals surface area contributed by atoms with Crippen LogP contribution in [-0.2, 0) is 4.79 Å². The molecule has 0 aliphatic rings. The molecule has 0 aromatic carbocycles. The minimum absolute atomic E-state index is 0. The van der Waals surface area contributed by atoms with Gasteiger partial charge in [0.1, 0.15) is 3.92 Å². The molecule has 0 amide bonds. The molecule has 0 heterocycles. The van der Waals surface area contributed by atoms with E-state index in [9.17, 15) is 4.79 Å². The molecule has 0 aromatic heterocycles. The number of hydrogen-bond acceptors (Lipinski definition) is 1. The quantitative estimate of drug-likeness (QED) is 0.474. The number of alkyl halides is 1. The molecule has 1 atom stereocenters. The van der Waals surface area contributed by atoms with Crippen molar-refractivity contribution in [1.29, 1.82) is 0 Å². The molecule has 2 nitrogen and oxygen atoms in total. The molecule has 0 fully saturated rings. The Balaban J connectivity index is 0. The third-order valence-electron chi connectivity index (χ3n) is 1.08. The van der Waals surface area contributed by atoms with Crippen LogP contribution in [0.5, 0.6) is 0 Å². The minimum atomic E-state index is -0.691. The van der Waals surface area contributed by atoms with Gasteiger partial charge in [0.15, 0.2) is 0 Å². The Bertz CT molecular complexity index is 97.7. The van der Waals surface area contributed by atoms with Crippen LogP contribution >= 0.6 is 22.6 Å². The van der Waals surface area contributed by atoms with Gasteiger partial charge in [-0.1, -0.05) is 42.4 Å². The van der Waals surface area contributed by atoms with Gasteiger partial charge >= 0.3 is 35.5 Å². The van der Waals surface area contributed by atoms with Gasteiger partial charge in [-0.3, -0.25) is 4.79 Å². The normalized spacial score (nSPS) is 11.8. The summed E-state index contributed by atoms with van der Waals surface area (Å²) >= 11 is 1.96. The molecule has 4 heteroatoms. The van der Waals surface area contributed by atoms with E-state index in [4.69, 9.17) is 5.11 Å². The van der Waals surface area contributed by atoms with E-state index < -0.39 is 5.97 Å². The fourth-order valence-corrected chi connectivity index (χ4v) is 0.947. The van der Waals surface area contributed by atoms with Crippen LogP contribution in [0.3, 0.4) is 0 Å². The second-order valence-electron chi connectivity index (χ2n) is 1.95. The van der Waals surface area contributed by atoms with Crippen LogP contribution in [0.4, 0.5) is 0 Å². The third-order valence-corrected chi connectivity index (χ3v) is 2.23.